The number of nitrogens with zero attached hydrogens (tertiary/aromatic N) is 1. The van der Waals surface area contributed by atoms with Gasteiger partial charge in [0.15, 0.2) is 11.9 Å². The summed E-state index contributed by atoms with van der Waals surface area (Å²) in [5, 5.41) is 8.89. The van der Waals surface area contributed by atoms with Crippen LogP contribution in [0.2, 0.25) is 0 Å². The van der Waals surface area contributed by atoms with Gasteiger partial charge in [0.2, 0.25) is 0 Å². The number of rotatable bonds is 5. The van der Waals surface area contributed by atoms with Gasteiger partial charge >= 0.3 is 0 Å². The molecule has 0 spiro atoms. The molecule has 0 amide bonds. The van der Waals surface area contributed by atoms with Crippen LogP contribution in [0.3, 0.4) is 0 Å². The Morgan fingerprint density at radius 2 is 1.94 bits per heavy atom. The van der Waals surface area contributed by atoms with Gasteiger partial charge in [-0.05, 0) is 13.3 Å². The smallest absolute Gasteiger partial charge is 0.178 e. The summed E-state index contributed by atoms with van der Waals surface area (Å²) in [7, 11) is 0. The van der Waals surface area contributed by atoms with Crippen LogP contribution in [-0.4, -0.2) is 5.97 Å². The zero-order valence-corrected chi connectivity index (χ0v) is 11.1. The van der Waals surface area contributed by atoms with Crippen molar-refractivity contribution in [2.75, 3.05) is 0 Å². The normalized spacial score (nSPS) is 9.35. The Bertz CT molecular complexity index is 320. The molecule has 0 aliphatic rings. The van der Waals surface area contributed by atoms with E-state index in [4.69, 9.17) is 9.90 Å². The lowest BCUT2D eigenvalue weighted by molar-refractivity contribution is -0.703. The van der Waals surface area contributed by atoms with Crippen molar-refractivity contribution in [2.24, 2.45) is 0 Å². The first kappa shape index (κ1) is 15.6. The fourth-order valence-corrected chi connectivity index (χ4v) is 1.52. The molecule has 0 unspecified atom stereocenters. The Hall–Kier alpha value is -1.38. The molecule has 96 valence electrons. The highest BCUT2D eigenvalue weighted by Gasteiger charge is 2.02. The van der Waals surface area contributed by atoms with Crippen LogP contribution >= 0.6 is 0 Å². The molecule has 1 rings (SSSR count). The van der Waals surface area contributed by atoms with Crippen molar-refractivity contribution in [2.45, 2.75) is 53.0 Å². The first-order chi connectivity index (χ1) is 8.07. The minimum Gasteiger partial charge on any atom is -0.550 e. The number of carbonyl (C=O) groups excluding carboxylic acids is 1. The summed E-state index contributed by atoms with van der Waals surface area (Å²) in [6, 6.07) is 6.37. The Morgan fingerprint density at radius 1 is 1.29 bits per heavy atom. The number of pyridine rings is 1. The third kappa shape index (κ3) is 9.54. The van der Waals surface area contributed by atoms with Crippen molar-refractivity contribution in [3.8, 4) is 0 Å². The monoisotopic (exact) mass is 237 g/mol. The fraction of sp³-hybridized carbons (Fsp3) is 0.571. The molecule has 1 aromatic rings. The lowest BCUT2D eigenvalue weighted by Gasteiger charge is -1.99. The van der Waals surface area contributed by atoms with Crippen molar-refractivity contribution >= 4 is 5.97 Å². The molecule has 0 fully saturated rings. The molecule has 3 nitrogen and oxygen atoms in total. The highest BCUT2D eigenvalue weighted by molar-refractivity contribution is 5.60. The van der Waals surface area contributed by atoms with Gasteiger partial charge in [0.1, 0.15) is 6.54 Å². The average molecular weight is 237 g/mol. The summed E-state index contributed by atoms with van der Waals surface area (Å²) in [5.74, 6) is -1.08. The molecule has 17 heavy (non-hydrogen) atoms. The average Bonchev–Trinajstić information content (AvgIpc) is 2.26. The van der Waals surface area contributed by atoms with E-state index >= 15 is 0 Å². The van der Waals surface area contributed by atoms with Gasteiger partial charge in [-0.25, -0.2) is 4.57 Å². The second-order valence-corrected chi connectivity index (χ2v) is 4.09. The van der Waals surface area contributed by atoms with E-state index in [9.17, 15) is 0 Å². The zero-order chi connectivity index (χ0) is 13.1. The molecular formula is C14H23NO2. The van der Waals surface area contributed by atoms with Crippen molar-refractivity contribution < 1.29 is 14.5 Å². The SMILES string of the molecule is CC(=O)[O-].CCCCCC[n+]1ccccc1C. The number of aromatic nitrogens is 1. The summed E-state index contributed by atoms with van der Waals surface area (Å²) in [5.41, 5.74) is 1.36. The van der Waals surface area contributed by atoms with Gasteiger partial charge in [0.25, 0.3) is 0 Å². The first-order valence-corrected chi connectivity index (χ1v) is 6.20. The highest BCUT2D eigenvalue weighted by Crippen LogP contribution is 1.99. The van der Waals surface area contributed by atoms with E-state index in [2.05, 4.69) is 42.8 Å². The van der Waals surface area contributed by atoms with E-state index in [1.807, 2.05) is 0 Å². The fourth-order valence-electron chi connectivity index (χ4n) is 1.52. The van der Waals surface area contributed by atoms with Crippen molar-refractivity contribution in [1.82, 2.24) is 0 Å². The molecule has 0 aliphatic heterocycles. The van der Waals surface area contributed by atoms with Gasteiger partial charge in [-0.2, -0.15) is 0 Å². The zero-order valence-electron chi connectivity index (χ0n) is 11.1. The van der Waals surface area contributed by atoms with Gasteiger partial charge in [0.05, 0.1) is 0 Å². The first-order valence-electron chi connectivity index (χ1n) is 6.20. The lowest BCUT2D eigenvalue weighted by Crippen LogP contribution is -2.36. The topological polar surface area (TPSA) is 44.0 Å². The predicted molar refractivity (Wildman–Crippen MR) is 66.2 cm³/mol. The standard InChI is InChI=1S/C12H20N.C2H4O2/c1-3-4-5-7-10-13-11-8-6-9-12(13)2;1-2(3)4/h6,8-9,11H,3-5,7,10H2,1-2H3;1H3,(H,3,4)/q+1;/p-1. The minimum atomic E-state index is -1.08. The summed E-state index contributed by atoms with van der Waals surface area (Å²) < 4.78 is 2.33. The summed E-state index contributed by atoms with van der Waals surface area (Å²) in [4.78, 5) is 8.89. The molecule has 1 heterocycles. The van der Waals surface area contributed by atoms with E-state index in [0.29, 0.717) is 0 Å². The summed E-state index contributed by atoms with van der Waals surface area (Å²) in [6.45, 7) is 6.56. The maximum absolute atomic E-state index is 8.89. The number of aliphatic carboxylic acids is 1. The van der Waals surface area contributed by atoms with Gasteiger partial charge in [-0.1, -0.05) is 25.8 Å². The second kappa shape index (κ2) is 9.82. The number of carboxylic acids is 1. The maximum atomic E-state index is 8.89. The molecule has 1 aromatic heterocycles. The third-order valence-corrected chi connectivity index (χ3v) is 2.42. The van der Waals surface area contributed by atoms with Crippen molar-refractivity contribution in [3.63, 3.8) is 0 Å². The van der Waals surface area contributed by atoms with E-state index in [1.54, 1.807) is 0 Å². The van der Waals surface area contributed by atoms with E-state index < -0.39 is 5.97 Å². The molecule has 0 saturated heterocycles. The summed E-state index contributed by atoms with van der Waals surface area (Å²) >= 11 is 0. The van der Waals surface area contributed by atoms with E-state index in [-0.39, 0.29) is 0 Å². The molecule has 0 radical (unpaired) electrons. The minimum absolute atomic E-state index is 0.972. The second-order valence-electron chi connectivity index (χ2n) is 4.09. The largest absolute Gasteiger partial charge is 0.550 e. The molecular weight excluding hydrogens is 214 g/mol. The van der Waals surface area contributed by atoms with Crippen LogP contribution in [-0.2, 0) is 11.3 Å². The maximum Gasteiger partial charge on any atom is 0.178 e. The van der Waals surface area contributed by atoms with Gasteiger partial charge in [-0.3, -0.25) is 0 Å². The lowest BCUT2D eigenvalue weighted by atomic mass is 10.2. The van der Waals surface area contributed by atoms with Crippen molar-refractivity contribution in [1.29, 1.82) is 0 Å². The van der Waals surface area contributed by atoms with E-state index in [1.165, 1.54) is 37.9 Å². The van der Waals surface area contributed by atoms with Crippen LogP contribution in [0.25, 0.3) is 0 Å². The molecule has 0 aromatic carbocycles. The van der Waals surface area contributed by atoms with Crippen LogP contribution in [0.1, 0.15) is 45.2 Å². The molecule has 0 bridgehead atoms. The summed E-state index contributed by atoms with van der Waals surface area (Å²) in [6.07, 6.45) is 7.52. The number of carbonyl (C=O) groups is 1. The molecule has 3 heteroatoms. The Balaban J connectivity index is 0.000000557. The molecule has 0 atom stereocenters. The molecule has 0 aliphatic carbocycles. The number of hydrogen-bond acceptors (Lipinski definition) is 2. The van der Waals surface area contributed by atoms with Gasteiger partial charge in [-0.15, -0.1) is 0 Å². The quantitative estimate of drug-likeness (QED) is 0.577. The van der Waals surface area contributed by atoms with Crippen LogP contribution in [0.5, 0.6) is 0 Å². The molecule has 0 N–H and O–H groups in total. The van der Waals surface area contributed by atoms with Crippen LogP contribution in [0.15, 0.2) is 24.4 Å². The molecule has 0 saturated carbocycles. The Morgan fingerprint density at radius 3 is 2.47 bits per heavy atom. The third-order valence-electron chi connectivity index (χ3n) is 2.42. The van der Waals surface area contributed by atoms with Crippen molar-refractivity contribution in [3.05, 3.63) is 30.1 Å². The Kier molecular flexibility index (Phi) is 9.02. The number of unbranched alkanes of at least 4 members (excludes halogenated alkanes) is 3. The number of carboxylic acid groups (broad SMARTS) is 1. The Labute approximate surface area is 104 Å². The number of aryl methyl sites for hydroxylation is 2. The van der Waals surface area contributed by atoms with E-state index in [0.717, 1.165) is 6.92 Å². The number of hydrogen-bond donors (Lipinski definition) is 0. The van der Waals surface area contributed by atoms with Crippen LogP contribution < -0.4 is 9.67 Å². The predicted octanol–water partition coefficient (Wildman–Crippen LogP) is 1.62. The van der Waals surface area contributed by atoms with Crippen LogP contribution in [0.4, 0.5) is 0 Å². The highest BCUT2D eigenvalue weighted by atomic mass is 16.4. The van der Waals surface area contributed by atoms with Crippen LogP contribution in [0, 0.1) is 6.92 Å². The van der Waals surface area contributed by atoms with Gasteiger partial charge in [0, 0.05) is 31.4 Å². The van der Waals surface area contributed by atoms with Gasteiger partial charge < -0.3 is 9.90 Å².